The maximum atomic E-state index is 11.5. The van der Waals surface area contributed by atoms with Gasteiger partial charge in [-0.3, -0.25) is 4.79 Å². The van der Waals surface area contributed by atoms with Crippen LogP contribution in [0.1, 0.15) is 50.5 Å². The molecule has 0 saturated carbocycles. The van der Waals surface area contributed by atoms with E-state index in [1.165, 1.54) is 13.0 Å². The minimum absolute atomic E-state index is 0.112. The number of amides is 1. The predicted molar refractivity (Wildman–Crippen MR) is 88.2 cm³/mol. The third-order valence-corrected chi connectivity index (χ3v) is 4.50. The first-order chi connectivity index (χ1) is 10.4. The fraction of sp³-hybridized carbons (Fsp3) is 0.500. The molecule has 0 bridgehead atoms. The molecule has 2 N–H and O–H groups in total. The average Bonchev–Trinajstić information content (AvgIpc) is 2.60. The largest absolute Gasteiger partial charge is 0.494 e. The van der Waals surface area contributed by atoms with Crippen LogP contribution in [0.2, 0.25) is 0 Å². The molecule has 0 aromatic heterocycles. The number of carbonyl (C=O) groups excluding carboxylic acids is 1. The Morgan fingerprint density at radius 1 is 1.13 bits per heavy atom. The summed E-state index contributed by atoms with van der Waals surface area (Å²) in [6.07, 6.45) is 0. The van der Waals surface area contributed by atoms with E-state index in [9.17, 15) is 14.7 Å². The first-order valence-corrected chi connectivity index (χ1v) is 7.45. The molecule has 1 aromatic rings. The molecule has 0 spiro atoms. The van der Waals surface area contributed by atoms with Crippen LogP contribution in [-0.2, 0) is 14.1 Å². The standard InChI is InChI=1S/C16H22BNO5/c1-9-12(14(20)21)7-11(8-13(9)18-10(2)19)17-22-15(3,4)16(5,6)23-17/h7-8H,1-6H3,(H,18,19)(H,20,21). The molecule has 0 atom stereocenters. The van der Waals surface area contributed by atoms with Crippen LogP contribution in [0, 0.1) is 6.92 Å². The Morgan fingerprint density at radius 3 is 2.09 bits per heavy atom. The summed E-state index contributed by atoms with van der Waals surface area (Å²) in [5.41, 5.74) is 0.562. The predicted octanol–water partition coefficient (Wildman–Crippen LogP) is 1.95. The van der Waals surface area contributed by atoms with Crippen molar-refractivity contribution in [2.24, 2.45) is 0 Å². The van der Waals surface area contributed by atoms with E-state index in [0.29, 0.717) is 16.7 Å². The highest BCUT2D eigenvalue weighted by atomic mass is 16.7. The Morgan fingerprint density at radius 2 is 1.65 bits per heavy atom. The molecule has 124 valence electrons. The third kappa shape index (κ3) is 3.25. The van der Waals surface area contributed by atoms with Gasteiger partial charge >= 0.3 is 13.1 Å². The number of aromatic carboxylic acids is 1. The van der Waals surface area contributed by atoms with Crippen LogP contribution in [0.25, 0.3) is 0 Å². The van der Waals surface area contributed by atoms with Crippen molar-refractivity contribution in [1.82, 2.24) is 0 Å². The second-order valence-corrected chi connectivity index (χ2v) is 6.82. The lowest BCUT2D eigenvalue weighted by Gasteiger charge is -2.32. The molecule has 1 heterocycles. The van der Waals surface area contributed by atoms with Gasteiger partial charge < -0.3 is 19.7 Å². The Hall–Kier alpha value is -1.86. The van der Waals surface area contributed by atoms with Gasteiger partial charge in [-0.05, 0) is 57.8 Å². The van der Waals surface area contributed by atoms with Gasteiger partial charge in [0.25, 0.3) is 0 Å². The Kier molecular flexibility index (Phi) is 4.30. The van der Waals surface area contributed by atoms with E-state index in [2.05, 4.69) is 5.32 Å². The lowest BCUT2D eigenvalue weighted by atomic mass is 9.77. The van der Waals surface area contributed by atoms with Crippen molar-refractivity contribution in [2.75, 3.05) is 5.32 Å². The number of carbonyl (C=O) groups is 2. The van der Waals surface area contributed by atoms with Crippen molar-refractivity contribution in [3.8, 4) is 0 Å². The highest BCUT2D eigenvalue weighted by molar-refractivity contribution is 6.62. The zero-order chi connectivity index (χ0) is 17.6. The van der Waals surface area contributed by atoms with Crippen molar-refractivity contribution in [3.05, 3.63) is 23.3 Å². The van der Waals surface area contributed by atoms with E-state index in [-0.39, 0.29) is 11.5 Å². The van der Waals surface area contributed by atoms with Crippen LogP contribution >= 0.6 is 0 Å². The highest BCUT2D eigenvalue weighted by Crippen LogP contribution is 2.36. The minimum Gasteiger partial charge on any atom is -0.478 e. The monoisotopic (exact) mass is 319 g/mol. The summed E-state index contributed by atoms with van der Waals surface area (Å²) in [4.78, 5) is 22.9. The van der Waals surface area contributed by atoms with Crippen molar-refractivity contribution in [2.45, 2.75) is 52.7 Å². The van der Waals surface area contributed by atoms with Gasteiger partial charge in [-0.15, -0.1) is 0 Å². The Bertz CT molecular complexity index is 653. The summed E-state index contributed by atoms with van der Waals surface area (Å²) < 4.78 is 11.9. The van der Waals surface area contributed by atoms with Gasteiger partial charge in [-0.1, -0.05) is 0 Å². The van der Waals surface area contributed by atoms with Gasteiger partial charge in [-0.2, -0.15) is 0 Å². The van der Waals surface area contributed by atoms with Crippen molar-refractivity contribution in [3.63, 3.8) is 0 Å². The second kappa shape index (κ2) is 5.65. The number of benzene rings is 1. The van der Waals surface area contributed by atoms with Crippen molar-refractivity contribution in [1.29, 1.82) is 0 Å². The van der Waals surface area contributed by atoms with E-state index >= 15 is 0 Å². The molecular formula is C16H22BNO5. The quantitative estimate of drug-likeness (QED) is 0.832. The number of hydrogen-bond donors (Lipinski definition) is 2. The molecule has 0 aliphatic carbocycles. The van der Waals surface area contributed by atoms with E-state index < -0.39 is 24.3 Å². The minimum atomic E-state index is -1.06. The van der Waals surface area contributed by atoms with Gasteiger partial charge in [0.1, 0.15) is 0 Å². The first kappa shape index (κ1) is 17.5. The fourth-order valence-electron chi connectivity index (χ4n) is 2.39. The lowest BCUT2D eigenvalue weighted by Crippen LogP contribution is -2.41. The second-order valence-electron chi connectivity index (χ2n) is 6.82. The molecule has 1 aromatic carbocycles. The molecule has 1 aliphatic heterocycles. The van der Waals surface area contributed by atoms with Crippen LogP contribution < -0.4 is 10.8 Å². The van der Waals surface area contributed by atoms with Gasteiger partial charge in [0.05, 0.1) is 16.8 Å². The number of anilines is 1. The van der Waals surface area contributed by atoms with Crippen molar-refractivity contribution >= 4 is 30.1 Å². The van der Waals surface area contributed by atoms with Gasteiger partial charge in [-0.25, -0.2) is 4.79 Å². The number of nitrogens with one attached hydrogen (secondary N) is 1. The van der Waals surface area contributed by atoms with E-state index in [1.807, 2.05) is 27.7 Å². The molecule has 7 heteroatoms. The maximum Gasteiger partial charge on any atom is 0.494 e. The molecular weight excluding hydrogens is 297 g/mol. The summed E-state index contributed by atoms with van der Waals surface area (Å²) in [7, 11) is -0.689. The summed E-state index contributed by atoms with van der Waals surface area (Å²) in [6, 6.07) is 3.23. The molecule has 1 saturated heterocycles. The topological polar surface area (TPSA) is 84.9 Å². The van der Waals surface area contributed by atoms with Crippen LogP contribution in [0.3, 0.4) is 0 Å². The van der Waals surface area contributed by atoms with Crippen LogP contribution in [0.4, 0.5) is 5.69 Å². The smallest absolute Gasteiger partial charge is 0.478 e. The molecule has 2 rings (SSSR count). The molecule has 1 aliphatic rings. The van der Waals surface area contributed by atoms with Gasteiger partial charge in [0.15, 0.2) is 0 Å². The third-order valence-electron chi connectivity index (χ3n) is 4.50. The SMILES string of the molecule is CC(=O)Nc1cc(B2OC(C)(C)C(C)(C)O2)cc(C(=O)O)c1C. The normalized spacial score (nSPS) is 18.8. The molecule has 1 amide bonds. The van der Waals surface area contributed by atoms with E-state index in [0.717, 1.165) is 0 Å². The van der Waals surface area contributed by atoms with E-state index in [4.69, 9.17) is 9.31 Å². The summed E-state index contributed by atoms with van der Waals surface area (Å²) in [5.74, 6) is -1.33. The van der Waals surface area contributed by atoms with E-state index in [1.54, 1.807) is 13.0 Å². The van der Waals surface area contributed by atoms with Gasteiger partial charge in [0, 0.05) is 12.6 Å². The summed E-state index contributed by atoms with van der Waals surface area (Å²) >= 11 is 0. The van der Waals surface area contributed by atoms with Crippen molar-refractivity contribution < 1.29 is 24.0 Å². The number of hydrogen-bond acceptors (Lipinski definition) is 4. The molecule has 1 fully saturated rings. The highest BCUT2D eigenvalue weighted by Gasteiger charge is 2.51. The van der Waals surface area contributed by atoms with Crippen LogP contribution in [-0.4, -0.2) is 35.3 Å². The Balaban J connectivity index is 2.49. The first-order valence-electron chi connectivity index (χ1n) is 7.45. The van der Waals surface area contributed by atoms with Gasteiger partial charge in [0.2, 0.25) is 5.91 Å². The lowest BCUT2D eigenvalue weighted by molar-refractivity contribution is -0.114. The fourth-order valence-corrected chi connectivity index (χ4v) is 2.39. The molecule has 23 heavy (non-hydrogen) atoms. The summed E-state index contributed by atoms with van der Waals surface area (Å²) in [5, 5.41) is 12.1. The van der Waals surface area contributed by atoms with Crippen LogP contribution in [0.5, 0.6) is 0 Å². The van der Waals surface area contributed by atoms with Crippen LogP contribution in [0.15, 0.2) is 12.1 Å². The number of carboxylic acid groups (broad SMARTS) is 1. The number of carboxylic acids is 1. The molecule has 6 nitrogen and oxygen atoms in total. The molecule has 0 radical (unpaired) electrons. The Labute approximate surface area is 136 Å². The number of rotatable bonds is 3. The maximum absolute atomic E-state index is 11.5. The summed E-state index contributed by atoms with van der Waals surface area (Å²) in [6.45, 7) is 10.7. The zero-order valence-corrected chi connectivity index (χ0v) is 14.3. The molecule has 0 unspecified atom stereocenters. The zero-order valence-electron chi connectivity index (χ0n) is 14.3. The average molecular weight is 319 g/mol.